The molecule has 1 unspecified atom stereocenters. The minimum Gasteiger partial charge on any atom is -0.361 e. The fraction of sp³-hybridized carbons (Fsp3) is 0.348. The van der Waals surface area contributed by atoms with Crippen LogP contribution in [0.1, 0.15) is 36.1 Å². The summed E-state index contributed by atoms with van der Waals surface area (Å²) in [5, 5.41) is 4.26. The normalized spacial score (nSPS) is 13.9. The molecule has 0 radical (unpaired) electrons. The molecule has 0 saturated heterocycles. The van der Waals surface area contributed by atoms with E-state index in [-0.39, 0.29) is 10.7 Å². The third kappa shape index (κ3) is 5.56. The highest BCUT2D eigenvalue weighted by molar-refractivity contribution is 7.83. The average molecular weight is 462 g/mol. The summed E-state index contributed by atoms with van der Waals surface area (Å²) in [4.78, 5) is 6.15. The maximum absolute atomic E-state index is 13.8. The van der Waals surface area contributed by atoms with Crippen molar-refractivity contribution in [3.8, 4) is 11.3 Å². The molecule has 31 heavy (non-hydrogen) atoms. The van der Waals surface area contributed by atoms with Crippen LogP contribution in [0, 0.1) is 11.6 Å². The molecule has 4 rings (SSSR count). The smallest absolute Gasteiger partial charge is 0.183 e. The van der Waals surface area contributed by atoms with Crippen molar-refractivity contribution in [3.63, 3.8) is 0 Å². The molecular weight excluding hydrogens is 436 g/mol. The number of fused-ring (bicyclic) bond motifs is 3. The summed E-state index contributed by atoms with van der Waals surface area (Å²) in [6.45, 7) is 1.35. The minimum absolute atomic E-state index is 0.189. The van der Waals surface area contributed by atoms with Gasteiger partial charge in [0.15, 0.2) is 5.13 Å². The molecular formula is C23H25F2N3OS2. The average Bonchev–Trinajstić information content (AvgIpc) is 3.09. The number of nitrogens with one attached hydrogen (secondary N) is 2. The van der Waals surface area contributed by atoms with E-state index in [2.05, 4.69) is 10.0 Å². The second-order valence-corrected chi connectivity index (χ2v) is 9.88. The predicted molar refractivity (Wildman–Crippen MR) is 123 cm³/mol. The lowest BCUT2D eigenvalue weighted by Gasteiger charge is -2.06. The first-order chi connectivity index (χ1) is 15.1. The largest absolute Gasteiger partial charge is 0.361 e. The van der Waals surface area contributed by atoms with Gasteiger partial charge in [-0.05, 0) is 61.9 Å². The zero-order chi connectivity index (χ0) is 21.6. The highest BCUT2D eigenvalue weighted by Gasteiger charge is 2.19. The van der Waals surface area contributed by atoms with Gasteiger partial charge >= 0.3 is 0 Å². The van der Waals surface area contributed by atoms with Crippen LogP contribution in [0.15, 0.2) is 47.4 Å². The summed E-state index contributed by atoms with van der Waals surface area (Å²) in [5.74, 6) is -0.677. The number of hydrogen-bond acceptors (Lipinski definition) is 4. The Labute approximate surface area is 187 Å². The molecule has 0 amide bonds. The molecule has 0 bridgehead atoms. The molecule has 164 valence electrons. The van der Waals surface area contributed by atoms with Crippen molar-refractivity contribution < 1.29 is 13.0 Å². The van der Waals surface area contributed by atoms with Gasteiger partial charge in [0.05, 0.1) is 10.6 Å². The first-order valence-electron chi connectivity index (χ1n) is 10.5. The van der Waals surface area contributed by atoms with Crippen LogP contribution in [0.5, 0.6) is 0 Å². The van der Waals surface area contributed by atoms with Gasteiger partial charge in [-0.3, -0.25) is 0 Å². The second-order valence-electron chi connectivity index (χ2n) is 7.53. The van der Waals surface area contributed by atoms with Gasteiger partial charge in [0, 0.05) is 23.5 Å². The number of rotatable bonds is 9. The zero-order valence-corrected chi connectivity index (χ0v) is 18.8. The highest BCUT2D eigenvalue weighted by atomic mass is 32.2. The van der Waals surface area contributed by atoms with E-state index in [0.717, 1.165) is 67.0 Å². The molecule has 0 spiro atoms. The summed E-state index contributed by atoms with van der Waals surface area (Å²) in [6, 6.07) is 11.1. The van der Waals surface area contributed by atoms with Crippen molar-refractivity contribution >= 4 is 27.5 Å². The summed E-state index contributed by atoms with van der Waals surface area (Å²) in [5.41, 5.74) is 3.00. The summed E-state index contributed by atoms with van der Waals surface area (Å²) in [6.07, 6.45) is 5.72. The SMILES string of the molecule is O=S(NCCCCCNc1nc2c(s1)CCCc1ccc(F)cc1-2)c1ccccc1F. The minimum atomic E-state index is -1.53. The molecule has 2 N–H and O–H groups in total. The van der Waals surface area contributed by atoms with Gasteiger partial charge in [0.25, 0.3) is 0 Å². The van der Waals surface area contributed by atoms with Crippen molar-refractivity contribution in [1.29, 1.82) is 0 Å². The van der Waals surface area contributed by atoms with Crippen LogP contribution in [0.3, 0.4) is 0 Å². The monoisotopic (exact) mass is 461 g/mol. The van der Waals surface area contributed by atoms with Gasteiger partial charge in [-0.25, -0.2) is 22.7 Å². The van der Waals surface area contributed by atoms with Gasteiger partial charge in [-0.2, -0.15) is 0 Å². The van der Waals surface area contributed by atoms with Crippen LogP contribution >= 0.6 is 11.3 Å². The number of benzene rings is 2. The first-order valence-corrected chi connectivity index (χ1v) is 12.5. The van der Waals surface area contributed by atoms with Gasteiger partial charge in [0.2, 0.25) is 0 Å². The number of unbranched alkanes of at least 4 members (excludes halogenated alkanes) is 2. The Morgan fingerprint density at radius 1 is 1.03 bits per heavy atom. The Balaban J connectivity index is 1.22. The van der Waals surface area contributed by atoms with Gasteiger partial charge < -0.3 is 5.32 Å². The maximum Gasteiger partial charge on any atom is 0.183 e. The van der Waals surface area contributed by atoms with Crippen LogP contribution in [-0.4, -0.2) is 22.3 Å². The van der Waals surface area contributed by atoms with Gasteiger partial charge in [0.1, 0.15) is 22.6 Å². The molecule has 1 heterocycles. The lowest BCUT2D eigenvalue weighted by atomic mass is 10.0. The van der Waals surface area contributed by atoms with Crippen LogP contribution in [0.25, 0.3) is 11.3 Å². The Bertz CT molecular complexity index is 1070. The van der Waals surface area contributed by atoms with Crippen LogP contribution in [-0.2, 0) is 23.8 Å². The van der Waals surface area contributed by atoms with Crippen molar-refractivity contribution in [2.75, 3.05) is 18.4 Å². The third-order valence-corrected chi connectivity index (χ3v) is 7.54. The number of aryl methyl sites for hydroxylation is 2. The van der Waals surface area contributed by atoms with E-state index >= 15 is 0 Å². The second kappa shape index (κ2) is 10.4. The van der Waals surface area contributed by atoms with Gasteiger partial charge in [-0.15, -0.1) is 11.3 Å². The molecule has 1 aliphatic carbocycles. The number of anilines is 1. The van der Waals surface area contributed by atoms with Crippen LogP contribution in [0.4, 0.5) is 13.9 Å². The van der Waals surface area contributed by atoms with Crippen LogP contribution < -0.4 is 10.0 Å². The number of halogens is 2. The summed E-state index contributed by atoms with van der Waals surface area (Å²) >= 11 is 1.66. The Morgan fingerprint density at radius 3 is 2.74 bits per heavy atom. The topological polar surface area (TPSA) is 54.0 Å². The van der Waals surface area contributed by atoms with E-state index < -0.39 is 16.8 Å². The van der Waals surface area contributed by atoms with Crippen molar-refractivity contribution in [1.82, 2.24) is 9.71 Å². The lowest BCUT2D eigenvalue weighted by Crippen LogP contribution is -2.19. The molecule has 0 aliphatic heterocycles. The number of thiazole rings is 1. The molecule has 3 aromatic rings. The lowest BCUT2D eigenvalue weighted by molar-refractivity contribution is 0.591. The van der Waals surface area contributed by atoms with E-state index in [9.17, 15) is 13.0 Å². The van der Waals surface area contributed by atoms with E-state index in [0.29, 0.717) is 6.54 Å². The van der Waals surface area contributed by atoms with Crippen molar-refractivity contribution in [2.45, 2.75) is 43.4 Å². The first kappa shape index (κ1) is 22.0. The number of aromatic nitrogens is 1. The molecule has 1 aromatic heterocycles. The standard InChI is InChI=1S/C23H25F2N3OS2/c24-17-12-11-16-7-6-9-20-22(18(16)15-17)28-23(30-20)26-13-4-1-5-14-27-31(29)21-10-3-2-8-19(21)25/h2-3,8,10-12,15,27H,1,4-7,9,13-14H2,(H,26,28). The molecule has 4 nitrogen and oxygen atoms in total. The molecule has 0 saturated carbocycles. The Kier molecular flexibility index (Phi) is 7.42. The Morgan fingerprint density at radius 2 is 1.87 bits per heavy atom. The maximum atomic E-state index is 13.8. The number of nitrogens with zero attached hydrogens (tertiary/aromatic N) is 1. The van der Waals surface area contributed by atoms with E-state index in [4.69, 9.17) is 4.98 Å². The third-order valence-electron chi connectivity index (χ3n) is 5.27. The van der Waals surface area contributed by atoms with E-state index in [1.165, 1.54) is 23.1 Å². The fourth-order valence-electron chi connectivity index (χ4n) is 3.69. The fourth-order valence-corrected chi connectivity index (χ4v) is 5.67. The summed E-state index contributed by atoms with van der Waals surface area (Å²) in [7, 11) is -1.53. The number of hydrogen-bond donors (Lipinski definition) is 2. The molecule has 0 fully saturated rings. The predicted octanol–water partition coefficient (Wildman–Crippen LogP) is 5.47. The van der Waals surface area contributed by atoms with E-state index in [1.807, 2.05) is 6.07 Å². The molecule has 1 aliphatic rings. The highest BCUT2D eigenvalue weighted by Crippen LogP contribution is 2.37. The molecule has 8 heteroatoms. The zero-order valence-electron chi connectivity index (χ0n) is 17.1. The summed E-state index contributed by atoms with van der Waals surface area (Å²) < 4.78 is 42.3. The molecule has 1 atom stereocenters. The Hall–Kier alpha value is -2.16. The van der Waals surface area contributed by atoms with Gasteiger partial charge in [-0.1, -0.05) is 24.6 Å². The molecule has 2 aromatic carbocycles. The van der Waals surface area contributed by atoms with Crippen molar-refractivity contribution in [3.05, 3.63) is 64.5 Å². The van der Waals surface area contributed by atoms with E-state index in [1.54, 1.807) is 29.5 Å². The van der Waals surface area contributed by atoms with Crippen LogP contribution in [0.2, 0.25) is 0 Å². The quantitative estimate of drug-likeness (QED) is 0.416. The van der Waals surface area contributed by atoms with Crippen molar-refractivity contribution in [2.24, 2.45) is 0 Å².